The molecule has 1 saturated heterocycles. The zero-order valence-electron chi connectivity index (χ0n) is 15.2. The summed E-state index contributed by atoms with van der Waals surface area (Å²) in [5, 5.41) is 0. The molecule has 0 bridgehead atoms. The van der Waals surface area contributed by atoms with E-state index in [1.807, 2.05) is 29.2 Å². The highest BCUT2D eigenvalue weighted by molar-refractivity contribution is 7.89. The largest absolute Gasteiger partial charge is 0.338 e. The molecule has 3 rings (SSSR count). The number of piperidine rings is 1. The molecule has 5 nitrogen and oxygen atoms in total. The molecule has 0 radical (unpaired) electrons. The molecule has 1 aliphatic heterocycles. The number of benzene rings is 1. The lowest BCUT2D eigenvalue weighted by atomic mass is 9.99. The van der Waals surface area contributed by atoms with Crippen molar-refractivity contribution in [3.05, 3.63) is 53.7 Å². The van der Waals surface area contributed by atoms with Crippen molar-refractivity contribution in [1.82, 2.24) is 9.88 Å². The van der Waals surface area contributed by atoms with E-state index < -0.39 is 9.84 Å². The lowest BCUT2D eigenvalue weighted by Gasteiger charge is -2.31. The van der Waals surface area contributed by atoms with E-state index in [1.165, 1.54) is 12.7 Å². The molecular weight excluding hydrogens is 348 g/mol. The fourth-order valence-electron chi connectivity index (χ4n) is 3.35. The van der Waals surface area contributed by atoms with Crippen molar-refractivity contribution in [2.45, 2.75) is 25.5 Å². The molecule has 6 heteroatoms. The number of amides is 1. The van der Waals surface area contributed by atoms with E-state index in [-0.39, 0.29) is 11.7 Å². The summed E-state index contributed by atoms with van der Waals surface area (Å²) in [7, 11) is -3.08. The SMILES string of the molecule is C[C@H]1CCCN(C(=O)c2cccc(-c3ccc(CS(C)(=O)=O)cn3)c2)C1. The summed E-state index contributed by atoms with van der Waals surface area (Å²) in [5.41, 5.74) is 2.90. The van der Waals surface area contributed by atoms with Gasteiger partial charge in [0.1, 0.15) is 0 Å². The van der Waals surface area contributed by atoms with Gasteiger partial charge in [0, 0.05) is 36.7 Å². The Hall–Kier alpha value is -2.21. The van der Waals surface area contributed by atoms with Crippen LogP contribution >= 0.6 is 0 Å². The van der Waals surface area contributed by atoms with Gasteiger partial charge in [-0.05, 0) is 42.5 Å². The smallest absolute Gasteiger partial charge is 0.253 e. The van der Waals surface area contributed by atoms with Gasteiger partial charge in [-0.25, -0.2) is 8.42 Å². The van der Waals surface area contributed by atoms with Crippen LogP contribution in [0.1, 0.15) is 35.7 Å². The number of aromatic nitrogens is 1. The number of hydrogen-bond acceptors (Lipinski definition) is 4. The fraction of sp³-hybridized carbons (Fsp3) is 0.400. The standard InChI is InChI=1S/C20H24N2O3S/c1-15-5-4-10-22(13-15)20(23)18-7-3-6-17(11-18)19-9-8-16(12-21-19)14-26(2,24)25/h3,6-9,11-12,15H,4-5,10,13-14H2,1-2H3/t15-/m0/s1. The minimum Gasteiger partial charge on any atom is -0.338 e. The molecule has 1 amide bonds. The summed E-state index contributed by atoms with van der Waals surface area (Å²) in [6, 6.07) is 11.0. The van der Waals surface area contributed by atoms with Gasteiger partial charge in [-0.15, -0.1) is 0 Å². The van der Waals surface area contributed by atoms with Gasteiger partial charge in [-0.1, -0.05) is 25.1 Å². The van der Waals surface area contributed by atoms with Crippen LogP contribution in [0.2, 0.25) is 0 Å². The quantitative estimate of drug-likeness (QED) is 0.827. The number of rotatable bonds is 4. The Morgan fingerprint density at radius 2 is 2.08 bits per heavy atom. The average molecular weight is 372 g/mol. The predicted molar refractivity (Wildman–Crippen MR) is 103 cm³/mol. The highest BCUT2D eigenvalue weighted by Gasteiger charge is 2.22. The van der Waals surface area contributed by atoms with Crippen molar-refractivity contribution in [1.29, 1.82) is 0 Å². The normalized spacial score (nSPS) is 17.9. The van der Waals surface area contributed by atoms with Gasteiger partial charge in [0.2, 0.25) is 0 Å². The van der Waals surface area contributed by atoms with E-state index >= 15 is 0 Å². The van der Waals surface area contributed by atoms with Crippen molar-refractivity contribution in [3.63, 3.8) is 0 Å². The summed E-state index contributed by atoms with van der Waals surface area (Å²) in [6.07, 6.45) is 5.01. The second-order valence-corrected chi connectivity index (χ2v) is 9.34. The topological polar surface area (TPSA) is 67.3 Å². The van der Waals surface area contributed by atoms with E-state index in [2.05, 4.69) is 11.9 Å². The molecule has 0 unspecified atom stereocenters. The molecule has 0 saturated carbocycles. The van der Waals surface area contributed by atoms with Crippen LogP contribution < -0.4 is 0 Å². The molecule has 1 fully saturated rings. The fourth-order valence-corrected chi connectivity index (χ4v) is 4.13. The van der Waals surface area contributed by atoms with E-state index in [1.54, 1.807) is 18.3 Å². The lowest BCUT2D eigenvalue weighted by molar-refractivity contribution is 0.0683. The number of carbonyl (C=O) groups excluding carboxylic acids is 1. The van der Waals surface area contributed by atoms with Crippen LogP contribution in [-0.2, 0) is 15.6 Å². The minimum absolute atomic E-state index is 0.0219. The molecule has 1 aliphatic rings. The molecule has 1 aromatic heterocycles. The maximum Gasteiger partial charge on any atom is 0.253 e. The summed E-state index contributed by atoms with van der Waals surface area (Å²) in [4.78, 5) is 19.1. The molecule has 2 heterocycles. The Bertz CT molecular complexity index is 892. The lowest BCUT2D eigenvalue weighted by Crippen LogP contribution is -2.39. The van der Waals surface area contributed by atoms with Gasteiger partial charge < -0.3 is 4.90 Å². The van der Waals surface area contributed by atoms with Gasteiger partial charge in [-0.2, -0.15) is 0 Å². The Kier molecular flexibility index (Phi) is 5.41. The van der Waals surface area contributed by atoms with E-state index in [4.69, 9.17) is 0 Å². The number of likely N-dealkylation sites (tertiary alicyclic amines) is 1. The summed E-state index contributed by atoms with van der Waals surface area (Å²) < 4.78 is 22.8. The first kappa shape index (κ1) is 18.6. The van der Waals surface area contributed by atoms with Gasteiger partial charge in [-0.3, -0.25) is 9.78 Å². The molecule has 26 heavy (non-hydrogen) atoms. The monoisotopic (exact) mass is 372 g/mol. The number of carbonyl (C=O) groups is 1. The molecule has 2 aromatic rings. The van der Waals surface area contributed by atoms with Crippen LogP contribution in [-0.4, -0.2) is 43.6 Å². The second kappa shape index (κ2) is 7.58. The van der Waals surface area contributed by atoms with Crippen LogP contribution in [0.3, 0.4) is 0 Å². The van der Waals surface area contributed by atoms with Crippen LogP contribution in [0, 0.1) is 5.92 Å². The van der Waals surface area contributed by atoms with Crippen molar-refractivity contribution in [2.75, 3.05) is 19.3 Å². The van der Waals surface area contributed by atoms with E-state index in [0.29, 0.717) is 17.0 Å². The van der Waals surface area contributed by atoms with Crippen molar-refractivity contribution >= 4 is 15.7 Å². The highest BCUT2D eigenvalue weighted by atomic mass is 32.2. The van der Waals surface area contributed by atoms with Crippen LogP contribution in [0.4, 0.5) is 0 Å². The van der Waals surface area contributed by atoms with Crippen LogP contribution in [0.25, 0.3) is 11.3 Å². The third-order valence-electron chi connectivity index (χ3n) is 4.60. The van der Waals surface area contributed by atoms with Gasteiger partial charge in [0.25, 0.3) is 5.91 Å². The molecule has 1 atom stereocenters. The molecule has 1 aromatic carbocycles. The molecule has 0 N–H and O–H groups in total. The van der Waals surface area contributed by atoms with Crippen LogP contribution in [0.5, 0.6) is 0 Å². The Morgan fingerprint density at radius 1 is 1.27 bits per heavy atom. The van der Waals surface area contributed by atoms with Gasteiger partial charge in [0.05, 0.1) is 11.4 Å². The second-order valence-electron chi connectivity index (χ2n) is 7.20. The first-order chi connectivity index (χ1) is 12.3. The molecule has 0 spiro atoms. The first-order valence-corrected chi connectivity index (χ1v) is 10.9. The van der Waals surface area contributed by atoms with Gasteiger partial charge in [0.15, 0.2) is 9.84 Å². The Morgan fingerprint density at radius 3 is 2.73 bits per heavy atom. The van der Waals surface area contributed by atoms with E-state index in [0.717, 1.165) is 30.8 Å². The number of nitrogens with zero attached hydrogens (tertiary/aromatic N) is 2. The maximum atomic E-state index is 12.8. The van der Waals surface area contributed by atoms with Crippen molar-refractivity contribution in [2.24, 2.45) is 5.92 Å². The number of sulfone groups is 1. The summed E-state index contributed by atoms with van der Waals surface area (Å²) in [5.74, 6) is 0.582. The average Bonchev–Trinajstić information content (AvgIpc) is 2.60. The maximum absolute atomic E-state index is 12.8. The van der Waals surface area contributed by atoms with Crippen molar-refractivity contribution < 1.29 is 13.2 Å². The zero-order chi connectivity index (χ0) is 18.7. The third kappa shape index (κ3) is 4.69. The third-order valence-corrected chi connectivity index (χ3v) is 5.46. The number of pyridine rings is 1. The molecule has 138 valence electrons. The van der Waals surface area contributed by atoms with Crippen molar-refractivity contribution in [3.8, 4) is 11.3 Å². The Balaban J connectivity index is 1.79. The molecular formula is C20H24N2O3S. The predicted octanol–water partition coefficient (Wildman–Crippen LogP) is 3.17. The Labute approximate surface area is 155 Å². The zero-order valence-corrected chi connectivity index (χ0v) is 16.0. The highest BCUT2D eigenvalue weighted by Crippen LogP contribution is 2.22. The first-order valence-electron chi connectivity index (χ1n) is 8.84. The van der Waals surface area contributed by atoms with Gasteiger partial charge >= 0.3 is 0 Å². The summed E-state index contributed by atoms with van der Waals surface area (Å²) in [6.45, 7) is 3.80. The van der Waals surface area contributed by atoms with Crippen LogP contribution in [0.15, 0.2) is 42.6 Å². The molecule has 0 aliphatic carbocycles. The van der Waals surface area contributed by atoms with E-state index in [9.17, 15) is 13.2 Å². The minimum atomic E-state index is -3.08. The summed E-state index contributed by atoms with van der Waals surface area (Å²) >= 11 is 0. The number of hydrogen-bond donors (Lipinski definition) is 0.